The molecule has 2 rings (SSSR count). The van der Waals surface area contributed by atoms with Gasteiger partial charge in [-0.25, -0.2) is 0 Å². The molecule has 3 nitrogen and oxygen atoms in total. The van der Waals surface area contributed by atoms with E-state index in [1.165, 1.54) is 0 Å². The molecule has 2 aromatic rings. The minimum atomic E-state index is -0.397. The number of amides is 1. The normalized spacial score (nSPS) is 11.9. The summed E-state index contributed by atoms with van der Waals surface area (Å²) >= 11 is 6.03. The van der Waals surface area contributed by atoms with Crippen LogP contribution in [0.25, 0.3) is 0 Å². The van der Waals surface area contributed by atoms with Crippen LogP contribution in [0.3, 0.4) is 0 Å². The van der Waals surface area contributed by atoms with E-state index in [1.54, 1.807) is 6.07 Å². The summed E-state index contributed by atoms with van der Waals surface area (Å²) in [4.78, 5) is 12.0. The summed E-state index contributed by atoms with van der Waals surface area (Å²) in [5.74, 6) is -0.166. The van der Waals surface area contributed by atoms with Crippen molar-refractivity contribution >= 4 is 17.5 Å². The second-order valence-electron chi connectivity index (χ2n) is 4.48. The largest absolute Gasteiger partial charge is 0.394 e. The molecule has 0 saturated carbocycles. The molecule has 104 valence electrons. The van der Waals surface area contributed by atoms with E-state index >= 15 is 0 Å². The summed E-state index contributed by atoms with van der Waals surface area (Å²) in [5.41, 5.74) is 1.65. The fourth-order valence-electron chi connectivity index (χ4n) is 1.98. The summed E-state index contributed by atoms with van der Waals surface area (Å²) < 4.78 is 0. The highest BCUT2D eigenvalue weighted by atomic mass is 35.5. The monoisotopic (exact) mass is 289 g/mol. The number of carbonyl (C=O) groups excluding carboxylic acids is 1. The predicted octanol–water partition coefficient (Wildman–Crippen LogP) is 2.73. The van der Waals surface area contributed by atoms with Gasteiger partial charge in [-0.1, -0.05) is 60.1 Å². The summed E-state index contributed by atoms with van der Waals surface area (Å²) in [5, 5.41) is 12.8. The fraction of sp³-hybridized carbons (Fsp3) is 0.188. The van der Waals surface area contributed by atoms with Crippen LogP contribution in [0.15, 0.2) is 54.6 Å². The van der Waals surface area contributed by atoms with Crippen LogP contribution >= 0.6 is 11.6 Å². The Morgan fingerprint density at radius 3 is 2.40 bits per heavy atom. The van der Waals surface area contributed by atoms with Crippen LogP contribution in [-0.4, -0.2) is 17.6 Å². The molecule has 0 aliphatic heterocycles. The zero-order valence-corrected chi connectivity index (χ0v) is 11.7. The number of rotatable bonds is 5. The molecule has 0 bridgehead atoms. The van der Waals surface area contributed by atoms with E-state index in [2.05, 4.69) is 5.32 Å². The van der Waals surface area contributed by atoms with Crippen LogP contribution < -0.4 is 5.32 Å². The Labute approximate surface area is 123 Å². The molecule has 0 heterocycles. The highest BCUT2D eigenvalue weighted by molar-refractivity contribution is 6.31. The van der Waals surface area contributed by atoms with Gasteiger partial charge < -0.3 is 10.4 Å². The van der Waals surface area contributed by atoms with Gasteiger partial charge in [0.25, 0.3) is 0 Å². The van der Waals surface area contributed by atoms with Crippen molar-refractivity contribution in [2.24, 2.45) is 0 Å². The second kappa shape index (κ2) is 7.08. The van der Waals surface area contributed by atoms with Gasteiger partial charge in [-0.15, -0.1) is 0 Å². The van der Waals surface area contributed by atoms with E-state index < -0.39 is 6.04 Å². The average molecular weight is 290 g/mol. The van der Waals surface area contributed by atoms with E-state index in [9.17, 15) is 9.90 Å². The molecular formula is C16H16ClNO2. The Morgan fingerprint density at radius 1 is 1.10 bits per heavy atom. The van der Waals surface area contributed by atoms with Gasteiger partial charge in [-0.05, 0) is 17.2 Å². The van der Waals surface area contributed by atoms with Crippen LogP contribution in [0.4, 0.5) is 0 Å². The lowest BCUT2D eigenvalue weighted by atomic mass is 10.1. The molecule has 0 spiro atoms. The van der Waals surface area contributed by atoms with Crippen molar-refractivity contribution in [3.05, 3.63) is 70.7 Å². The molecule has 4 heteroatoms. The third-order valence-corrected chi connectivity index (χ3v) is 3.40. The maximum Gasteiger partial charge on any atom is 0.225 e. The number of nitrogens with one attached hydrogen (secondary N) is 1. The van der Waals surface area contributed by atoms with Gasteiger partial charge in [0.15, 0.2) is 0 Å². The van der Waals surface area contributed by atoms with Crippen LogP contribution in [0, 0.1) is 0 Å². The molecule has 1 amide bonds. The number of hydrogen-bond donors (Lipinski definition) is 2. The number of aliphatic hydroxyl groups is 1. The highest BCUT2D eigenvalue weighted by Crippen LogP contribution is 2.16. The minimum Gasteiger partial charge on any atom is -0.394 e. The summed E-state index contributed by atoms with van der Waals surface area (Å²) in [6.45, 7) is -0.141. The summed E-state index contributed by atoms with van der Waals surface area (Å²) in [6.07, 6.45) is 0.197. The van der Waals surface area contributed by atoms with E-state index in [-0.39, 0.29) is 18.9 Å². The van der Waals surface area contributed by atoms with Crippen molar-refractivity contribution in [1.29, 1.82) is 0 Å². The van der Waals surface area contributed by atoms with Gasteiger partial charge in [-0.3, -0.25) is 4.79 Å². The fourth-order valence-corrected chi connectivity index (χ4v) is 2.18. The molecule has 0 aliphatic rings. The van der Waals surface area contributed by atoms with Gasteiger partial charge in [-0.2, -0.15) is 0 Å². The van der Waals surface area contributed by atoms with Crippen molar-refractivity contribution in [1.82, 2.24) is 5.32 Å². The number of aliphatic hydroxyl groups excluding tert-OH is 1. The first-order valence-corrected chi connectivity index (χ1v) is 6.77. The van der Waals surface area contributed by atoms with Crippen molar-refractivity contribution in [3.63, 3.8) is 0 Å². The lowest BCUT2D eigenvalue weighted by Gasteiger charge is -2.17. The van der Waals surface area contributed by atoms with Crippen molar-refractivity contribution in [3.8, 4) is 0 Å². The number of hydrogen-bond acceptors (Lipinski definition) is 2. The van der Waals surface area contributed by atoms with Crippen molar-refractivity contribution in [2.45, 2.75) is 12.5 Å². The number of carbonyl (C=O) groups is 1. The number of benzene rings is 2. The number of halogens is 1. The molecule has 0 radical (unpaired) electrons. The maximum atomic E-state index is 12.0. The zero-order chi connectivity index (χ0) is 14.4. The molecular weight excluding hydrogens is 274 g/mol. The van der Waals surface area contributed by atoms with E-state index in [0.29, 0.717) is 5.02 Å². The Bertz CT molecular complexity index is 572. The summed E-state index contributed by atoms with van der Waals surface area (Å²) in [6, 6.07) is 16.2. The molecule has 1 unspecified atom stereocenters. The smallest absolute Gasteiger partial charge is 0.225 e. The van der Waals surface area contributed by atoms with E-state index in [4.69, 9.17) is 11.6 Å². The molecule has 0 aliphatic carbocycles. The van der Waals surface area contributed by atoms with Crippen LogP contribution in [0.1, 0.15) is 17.2 Å². The average Bonchev–Trinajstić information content (AvgIpc) is 2.48. The first-order chi connectivity index (χ1) is 9.70. The van der Waals surface area contributed by atoms with Gasteiger partial charge in [0, 0.05) is 5.02 Å². The van der Waals surface area contributed by atoms with Crippen LogP contribution in [0.2, 0.25) is 5.02 Å². The Balaban J connectivity index is 2.02. The Kier molecular flexibility index (Phi) is 5.16. The lowest BCUT2D eigenvalue weighted by molar-refractivity contribution is -0.121. The standard InChI is InChI=1S/C16H16ClNO2/c17-14-9-5-4-8-13(14)10-16(20)18-15(11-19)12-6-2-1-3-7-12/h1-9,15,19H,10-11H2,(H,18,20). The quantitative estimate of drug-likeness (QED) is 0.889. The van der Waals surface area contributed by atoms with Crippen LogP contribution in [-0.2, 0) is 11.2 Å². The third-order valence-electron chi connectivity index (χ3n) is 3.03. The highest BCUT2D eigenvalue weighted by Gasteiger charge is 2.14. The van der Waals surface area contributed by atoms with Gasteiger partial charge >= 0.3 is 0 Å². The van der Waals surface area contributed by atoms with Gasteiger partial charge in [0.05, 0.1) is 19.1 Å². The topological polar surface area (TPSA) is 49.3 Å². The zero-order valence-electron chi connectivity index (χ0n) is 10.9. The second-order valence-corrected chi connectivity index (χ2v) is 4.89. The Morgan fingerprint density at radius 2 is 1.75 bits per heavy atom. The first-order valence-electron chi connectivity index (χ1n) is 6.39. The Hall–Kier alpha value is -1.84. The summed E-state index contributed by atoms with van der Waals surface area (Å²) in [7, 11) is 0. The molecule has 2 N–H and O–H groups in total. The molecule has 0 saturated heterocycles. The molecule has 0 fully saturated rings. The van der Waals surface area contributed by atoms with E-state index in [1.807, 2.05) is 48.5 Å². The van der Waals surface area contributed by atoms with Crippen molar-refractivity contribution < 1.29 is 9.90 Å². The van der Waals surface area contributed by atoms with Crippen LogP contribution in [0.5, 0.6) is 0 Å². The first kappa shape index (κ1) is 14.6. The lowest BCUT2D eigenvalue weighted by Crippen LogP contribution is -2.32. The van der Waals surface area contributed by atoms with Gasteiger partial charge in [0.1, 0.15) is 0 Å². The van der Waals surface area contributed by atoms with Crippen molar-refractivity contribution in [2.75, 3.05) is 6.61 Å². The molecule has 1 atom stereocenters. The van der Waals surface area contributed by atoms with Gasteiger partial charge in [0.2, 0.25) is 5.91 Å². The molecule has 2 aromatic carbocycles. The van der Waals surface area contributed by atoms with E-state index in [0.717, 1.165) is 11.1 Å². The minimum absolute atomic E-state index is 0.141. The molecule has 20 heavy (non-hydrogen) atoms. The maximum absolute atomic E-state index is 12.0. The predicted molar refractivity (Wildman–Crippen MR) is 79.6 cm³/mol. The molecule has 0 aromatic heterocycles. The SMILES string of the molecule is O=C(Cc1ccccc1Cl)NC(CO)c1ccccc1. The third kappa shape index (κ3) is 3.83.